The molecule has 8 heteroatoms. The van der Waals surface area contributed by atoms with Crippen molar-refractivity contribution in [2.24, 2.45) is 4.99 Å². The van der Waals surface area contributed by atoms with E-state index in [1.54, 1.807) is 31.4 Å². The molecule has 3 aromatic carbocycles. The summed E-state index contributed by atoms with van der Waals surface area (Å²) in [7, 11) is 1.55. The van der Waals surface area contributed by atoms with Gasteiger partial charge < -0.3 is 14.4 Å². The Morgan fingerprint density at radius 3 is 2.41 bits per heavy atom. The third kappa shape index (κ3) is 3.93. The van der Waals surface area contributed by atoms with Crippen molar-refractivity contribution in [3.63, 3.8) is 0 Å². The summed E-state index contributed by atoms with van der Waals surface area (Å²) in [4.78, 5) is 46.9. The smallest absolute Gasteiger partial charge is 0.261 e. The highest BCUT2D eigenvalue weighted by atomic mass is 16.5. The molecular formula is C29H27N3O5. The lowest BCUT2D eigenvalue weighted by Gasteiger charge is -2.27. The van der Waals surface area contributed by atoms with Crippen molar-refractivity contribution < 1.29 is 23.9 Å². The van der Waals surface area contributed by atoms with Gasteiger partial charge in [0.25, 0.3) is 17.7 Å². The van der Waals surface area contributed by atoms with Crippen LogP contribution in [-0.4, -0.2) is 66.6 Å². The van der Waals surface area contributed by atoms with Crippen molar-refractivity contribution in [2.45, 2.75) is 31.7 Å². The van der Waals surface area contributed by atoms with Crippen molar-refractivity contribution >= 4 is 40.4 Å². The van der Waals surface area contributed by atoms with Gasteiger partial charge in [0.1, 0.15) is 0 Å². The Hall–Kier alpha value is -4.20. The third-order valence-corrected chi connectivity index (χ3v) is 7.35. The molecule has 6 rings (SSSR count). The Morgan fingerprint density at radius 2 is 1.68 bits per heavy atom. The van der Waals surface area contributed by atoms with Crippen LogP contribution in [0.4, 0.5) is 5.69 Å². The predicted molar refractivity (Wildman–Crippen MR) is 139 cm³/mol. The Balaban J connectivity index is 1.11. The number of rotatable bonds is 7. The van der Waals surface area contributed by atoms with E-state index in [1.165, 1.54) is 4.90 Å². The van der Waals surface area contributed by atoms with Gasteiger partial charge in [-0.1, -0.05) is 24.3 Å². The van der Waals surface area contributed by atoms with Crippen LogP contribution in [0.15, 0.2) is 53.5 Å². The summed E-state index contributed by atoms with van der Waals surface area (Å²) < 4.78 is 11.5. The molecule has 37 heavy (non-hydrogen) atoms. The maximum absolute atomic E-state index is 13.1. The number of methoxy groups -OCH3 is 1. The second-order valence-electron chi connectivity index (χ2n) is 9.53. The van der Waals surface area contributed by atoms with Crippen LogP contribution in [0.5, 0.6) is 11.5 Å². The number of benzene rings is 3. The molecule has 8 nitrogen and oxygen atoms in total. The lowest BCUT2D eigenvalue weighted by atomic mass is 9.94. The van der Waals surface area contributed by atoms with Crippen molar-refractivity contribution in [3.8, 4) is 11.5 Å². The highest BCUT2D eigenvalue weighted by Crippen LogP contribution is 2.38. The Kier molecular flexibility index (Phi) is 5.87. The van der Waals surface area contributed by atoms with Gasteiger partial charge in [-0.2, -0.15) is 0 Å². The summed E-state index contributed by atoms with van der Waals surface area (Å²) >= 11 is 0. The molecular weight excluding hydrogens is 470 g/mol. The summed E-state index contributed by atoms with van der Waals surface area (Å²) in [5.74, 6) is 0.439. The molecule has 3 aliphatic rings. The van der Waals surface area contributed by atoms with Gasteiger partial charge in [0, 0.05) is 41.9 Å². The molecule has 1 saturated heterocycles. The molecule has 0 unspecified atom stereocenters. The molecule has 3 amide bonds. The number of carbonyl (C=O) groups excluding carboxylic acids is 3. The van der Waals surface area contributed by atoms with E-state index in [0.717, 1.165) is 30.2 Å². The fourth-order valence-electron chi connectivity index (χ4n) is 5.46. The van der Waals surface area contributed by atoms with E-state index in [9.17, 15) is 14.4 Å². The first-order valence-corrected chi connectivity index (χ1v) is 12.6. The van der Waals surface area contributed by atoms with E-state index in [-0.39, 0.29) is 23.8 Å². The summed E-state index contributed by atoms with van der Waals surface area (Å²) in [6, 6.07) is 14.6. The van der Waals surface area contributed by atoms with Crippen LogP contribution >= 0.6 is 0 Å². The van der Waals surface area contributed by atoms with Gasteiger partial charge in [0.2, 0.25) is 0 Å². The summed E-state index contributed by atoms with van der Waals surface area (Å²) in [6.45, 7) is 1.41. The van der Waals surface area contributed by atoms with Crippen LogP contribution in [0.3, 0.4) is 0 Å². The van der Waals surface area contributed by atoms with Gasteiger partial charge in [0.15, 0.2) is 11.5 Å². The zero-order chi connectivity index (χ0) is 25.5. The molecule has 0 radical (unpaired) electrons. The number of unbranched alkanes of at least 4 members (excludes halogenated alkanes) is 1. The molecule has 1 fully saturated rings. The number of aliphatic imine (C=N–C) groups is 1. The van der Waals surface area contributed by atoms with Gasteiger partial charge >= 0.3 is 0 Å². The Bertz CT molecular complexity index is 1410. The van der Waals surface area contributed by atoms with Gasteiger partial charge in [-0.3, -0.25) is 24.3 Å². The predicted octanol–water partition coefficient (Wildman–Crippen LogP) is 4.62. The number of carbonyl (C=O) groups is 3. The quantitative estimate of drug-likeness (QED) is 0.351. The van der Waals surface area contributed by atoms with Crippen LogP contribution in [-0.2, 0) is 0 Å². The minimum absolute atomic E-state index is 0.0343. The first-order chi connectivity index (χ1) is 18.1. The lowest BCUT2D eigenvalue weighted by molar-refractivity contribution is 0.0605. The summed E-state index contributed by atoms with van der Waals surface area (Å²) in [5.41, 5.74) is 2.22. The van der Waals surface area contributed by atoms with E-state index >= 15 is 0 Å². The van der Waals surface area contributed by atoms with Crippen LogP contribution in [0.1, 0.15) is 56.8 Å². The Morgan fingerprint density at radius 1 is 0.919 bits per heavy atom. The number of hydrogen-bond donors (Lipinski definition) is 0. The van der Waals surface area contributed by atoms with E-state index in [0.29, 0.717) is 59.9 Å². The maximum atomic E-state index is 13.1. The monoisotopic (exact) mass is 497 g/mol. The minimum Gasteiger partial charge on any atom is -0.493 e. The van der Waals surface area contributed by atoms with Gasteiger partial charge in [-0.05, 0) is 49.3 Å². The van der Waals surface area contributed by atoms with Crippen molar-refractivity contribution in [2.75, 3.05) is 26.8 Å². The van der Waals surface area contributed by atoms with E-state index in [1.807, 2.05) is 35.4 Å². The molecule has 0 aromatic heterocycles. The zero-order valence-electron chi connectivity index (χ0n) is 20.6. The van der Waals surface area contributed by atoms with Gasteiger partial charge in [-0.15, -0.1) is 0 Å². The van der Waals surface area contributed by atoms with Crippen LogP contribution in [0.25, 0.3) is 10.8 Å². The fourth-order valence-corrected chi connectivity index (χ4v) is 5.46. The highest BCUT2D eigenvalue weighted by molar-refractivity contribution is 6.25. The lowest BCUT2D eigenvalue weighted by Crippen LogP contribution is -2.40. The SMILES string of the molecule is COc1cc2c(cc1OCCCCN1C(=O)c3cccc4cccc(c34)C1=O)N=C[C@@H]1CCCN1C2=O. The molecule has 0 spiro atoms. The van der Waals surface area contributed by atoms with Gasteiger partial charge in [-0.25, -0.2) is 0 Å². The summed E-state index contributed by atoms with van der Waals surface area (Å²) in [6.07, 6.45) is 4.97. The number of fused-ring (bicyclic) bond motifs is 2. The van der Waals surface area contributed by atoms with Crippen molar-refractivity contribution in [1.82, 2.24) is 9.80 Å². The van der Waals surface area contributed by atoms with E-state index < -0.39 is 0 Å². The molecule has 0 N–H and O–H groups in total. The number of nitrogens with zero attached hydrogens (tertiary/aromatic N) is 3. The molecule has 1 atom stereocenters. The largest absolute Gasteiger partial charge is 0.493 e. The molecule has 0 saturated carbocycles. The average Bonchev–Trinajstić information content (AvgIpc) is 3.35. The van der Waals surface area contributed by atoms with Gasteiger partial charge in [0.05, 0.1) is 31.0 Å². The Labute approximate surface area is 214 Å². The molecule has 3 aliphatic heterocycles. The third-order valence-electron chi connectivity index (χ3n) is 7.35. The number of ether oxygens (including phenoxy) is 2. The fraction of sp³-hybridized carbons (Fsp3) is 0.310. The summed E-state index contributed by atoms with van der Waals surface area (Å²) in [5, 5.41) is 1.63. The number of hydrogen-bond acceptors (Lipinski definition) is 6. The van der Waals surface area contributed by atoms with E-state index in [4.69, 9.17) is 9.47 Å². The molecule has 0 aliphatic carbocycles. The normalized spacial score (nSPS) is 18.2. The van der Waals surface area contributed by atoms with Crippen LogP contribution in [0.2, 0.25) is 0 Å². The number of imide groups is 1. The van der Waals surface area contributed by atoms with Crippen molar-refractivity contribution in [1.29, 1.82) is 0 Å². The molecule has 188 valence electrons. The standard InChI is InChI=1S/C29H27N3O5/c1-36-24-15-22-23(30-17-19-9-6-13-31(19)29(22)35)16-25(24)37-14-3-2-12-32-27(33)20-10-4-7-18-8-5-11-21(26(18)20)28(32)34/h4-5,7-8,10-11,15-17,19H,2-3,6,9,12-14H2,1H3/t19-/m0/s1. The maximum Gasteiger partial charge on any atom is 0.261 e. The highest BCUT2D eigenvalue weighted by Gasteiger charge is 2.33. The van der Waals surface area contributed by atoms with Crippen LogP contribution in [0, 0.1) is 0 Å². The average molecular weight is 498 g/mol. The zero-order valence-corrected chi connectivity index (χ0v) is 20.6. The topological polar surface area (TPSA) is 88.5 Å². The molecule has 3 heterocycles. The van der Waals surface area contributed by atoms with Crippen LogP contribution < -0.4 is 9.47 Å². The molecule has 3 aromatic rings. The van der Waals surface area contributed by atoms with E-state index in [2.05, 4.69) is 4.99 Å². The number of amides is 3. The molecule has 0 bridgehead atoms. The second-order valence-corrected chi connectivity index (χ2v) is 9.53. The first-order valence-electron chi connectivity index (χ1n) is 12.6. The second kappa shape index (κ2) is 9.35. The van der Waals surface area contributed by atoms with Crippen molar-refractivity contribution in [3.05, 3.63) is 65.2 Å². The first kappa shape index (κ1) is 23.2. The minimum atomic E-state index is -0.259.